The van der Waals surface area contributed by atoms with E-state index in [2.05, 4.69) is 66.8 Å². The van der Waals surface area contributed by atoms with Gasteiger partial charge in [0.25, 0.3) is 0 Å². The van der Waals surface area contributed by atoms with Crippen molar-refractivity contribution >= 4 is 22.8 Å². The first-order valence-corrected chi connectivity index (χ1v) is 9.76. The molecule has 1 fully saturated rings. The highest BCUT2D eigenvalue weighted by atomic mass is 35.5. The molecule has 1 aliphatic heterocycles. The molecule has 1 amide bonds. The highest BCUT2D eigenvalue weighted by Crippen LogP contribution is 2.09. The van der Waals surface area contributed by atoms with Crippen LogP contribution in [0.15, 0.2) is 54.6 Å². The van der Waals surface area contributed by atoms with Crippen molar-refractivity contribution in [3.63, 3.8) is 0 Å². The number of amides is 1. The number of aryl methyl sites for hydroxylation is 1. The van der Waals surface area contributed by atoms with Crippen LogP contribution in [0.25, 0.3) is 0 Å². The maximum atomic E-state index is 11.4. The van der Waals surface area contributed by atoms with E-state index < -0.39 is 5.24 Å². The van der Waals surface area contributed by atoms with Crippen molar-refractivity contribution in [3.8, 4) is 0 Å². The summed E-state index contributed by atoms with van der Waals surface area (Å²) in [6, 6.07) is 19.3. The average molecular weight is 403 g/mol. The molecule has 150 valence electrons. The maximum absolute atomic E-state index is 11.4. The van der Waals surface area contributed by atoms with Gasteiger partial charge in [-0.3, -0.25) is 9.59 Å². The molecule has 1 heterocycles. The van der Waals surface area contributed by atoms with Crippen LogP contribution in [0.5, 0.6) is 0 Å². The van der Waals surface area contributed by atoms with Gasteiger partial charge in [-0.2, -0.15) is 0 Å². The summed E-state index contributed by atoms with van der Waals surface area (Å²) in [6.45, 7) is 4.83. The lowest BCUT2D eigenvalue weighted by atomic mass is 10.0. The number of nitrogens with one attached hydrogen (secondary N) is 1. The third-order valence-electron chi connectivity index (χ3n) is 4.28. The van der Waals surface area contributed by atoms with Crippen molar-refractivity contribution in [2.45, 2.75) is 13.3 Å². The molecule has 0 radical (unpaired) electrons. The molecule has 28 heavy (non-hydrogen) atoms. The molecular formula is C22H27ClN2O3. The van der Waals surface area contributed by atoms with Crippen LogP contribution in [0.3, 0.4) is 0 Å². The van der Waals surface area contributed by atoms with Crippen LogP contribution in [-0.2, 0) is 20.7 Å². The third kappa shape index (κ3) is 8.65. The minimum Gasteiger partial charge on any atom is -0.362 e. The molecule has 0 unspecified atom stereocenters. The molecular weight excluding hydrogens is 376 g/mol. The van der Waals surface area contributed by atoms with E-state index in [0.29, 0.717) is 13.1 Å². The van der Waals surface area contributed by atoms with Crippen LogP contribution in [0.2, 0.25) is 0 Å². The highest BCUT2D eigenvalue weighted by Gasteiger charge is 2.15. The van der Waals surface area contributed by atoms with E-state index in [-0.39, 0.29) is 19.1 Å². The van der Waals surface area contributed by atoms with Gasteiger partial charge in [0.1, 0.15) is 13.2 Å². The third-order valence-corrected chi connectivity index (χ3v) is 4.39. The zero-order chi connectivity index (χ0) is 20.2. The topological polar surface area (TPSA) is 58.6 Å². The van der Waals surface area contributed by atoms with Gasteiger partial charge < -0.3 is 15.0 Å². The predicted octanol–water partition coefficient (Wildman–Crippen LogP) is 2.79. The summed E-state index contributed by atoms with van der Waals surface area (Å²) >= 11 is 5.05. The number of halogens is 1. The smallest absolute Gasteiger partial charge is 0.248 e. The molecule has 1 N–H and O–H groups in total. The van der Waals surface area contributed by atoms with Crippen LogP contribution in [-0.4, -0.2) is 55.4 Å². The number of hydrogen-bond donors (Lipinski definition) is 1. The number of ether oxygens (including phenoxy) is 1. The van der Waals surface area contributed by atoms with E-state index in [9.17, 15) is 9.59 Å². The van der Waals surface area contributed by atoms with Crippen molar-refractivity contribution in [2.75, 3.05) is 39.4 Å². The molecule has 0 spiro atoms. The summed E-state index contributed by atoms with van der Waals surface area (Å²) in [5.74, 6) is -0.0931. The largest absolute Gasteiger partial charge is 0.362 e. The van der Waals surface area contributed by atoms with Crippen molar-refractivity contribution in [2.24, 2.45) is 0 Å². The SMILES string of the molecule is Cc1ccc(Cc2ccccc2)cc1.O=C(Cl)COCC(=O)N1CCNCC1. The van der Waals surface area contributed by atoms with E-state index in [0.717, 1.165) is 19.5 Å². The lowest BCUT2D eigenvalue weighted by Gasteiger charge is -2.27. The van der Waals surface area contributed by atoms with Gasteiger partial charge in [-0.25, -0.2) is 0 Å². The van der Waals surface area contributed by atoms with E-state index in [1.165, 1.54) is 16.7 Å². The van der Waals surface area contributed by atoms with Crippen LogP contribution in [0.4, 0.5) is 0 Å². The lowest BCUT2D eigenvalue weighted by Crippen LogP contribution is -2.47. The van der Waals surface area contributed by atoms with Gasteiger partial charge >= 0.3 is 0 Å². The summed E-state index contributed by atoms with van der Waals surface area (Å²) in [6.07, 6.45) is 1.03. The van der Waals surface area contributed by atoms with Crippen LogP contribution >= 0.6 is 11.6 Å². The van der Waals surface area contributed by atoms with Gasteiger partial charge in [-0.15, -0.1) is 0 Å². The second-order valence-corrected chi connectivity index (χ2v) is 7.05. The van der Waals surface area contributed by atoms with Gasteiger partial charge in [0, 0.05) is 26.2 Å². The number of carbonyl (C=O) groups is 2. The normalized spacial score (nSPS) is 13.4. The number of carbonyl (C=O) groups excluding carboxylic acids is 2. The average Bonchev–Trinajstić information content (AvgIpc) is 2.71. The Morgan fingerprint density at radius 3 is 2.18 bits per heavy atom. The van der Waals surface area contributed by atoms with Gasteiger partial charge in [0.2, 0.25) is 11.1 Å². The molecule has 2 aromatic rings. The van der Waals surface area contributed by atoms with Crippen LogP contribution in [0.1, 0.15) is 16.7 Å². The lowest BCUT2D eigenvalue weighted by molar-refractivity contribution is -0.137. The predicted molar refractivity (Wildman–Crippen MR) is 112 cm³/mol. The molecule has 0 saturated carbocycles. The quantitative estimate of drug-likeness (QED) is 0.755. The Balaban J connectivity index is 0.000000200. The Labute approximate surface area is 171 Å². The molecule has 6 heteroatoms. The fourth-order valence-electron chi connectivity index (χ4n) is 2.76. The Morgan fingerprint density at radius 1 is 0.964 bits per heavy atom. The standard InChI is InChI=1S/C14H14.C8H13ClN2O3/c1-12-7-9-14(10-8-12)11-13-5-3-2-4-6-13;9-7(12)5-14-6-8(13)11-3-1-10-2-4-11/h2-10H,11H2,1H3;10H,1-6H2. The molecule has 0 aliphatic carbocycles. The van der Waals surface area contributed by atoms with E-state index in [4.69, 9.17) is 16.3 Å². The fraction of sp³-hybridized carbons (Fsp3) is 0.364. The molecule has 2 aromatic carbocycles. The highest BCUT2D eigenvalue weighted by molar-refractivity contribution is 6.63. The second kappa shape index (κ2) is 12.3. The zero-order valence-corrected chi connectivity index (χ0v) is 17.0. The van der Waals surface area contributed by atoms with Gasteiger partial charge in [-0.1, -0.05) is 60.2 Å². The molecule has 3 rings (SSSR count). The minimum absolute atomic E-state index is 0.0710. The van der Waals surface area contributed by atoms with Crippen molar-refractivity contribution in [3.05, 3.63) is 71.3 Å². The van der Waals surface area contributed by atoms with Gasteiger partial charge in [0.15, 0.2) is 0 Å². The number of benzene rings is 2. The van der Waals surface area contributed by atoms with Crippen molar-refractivity contribution < 1.29 is 14.3 Å². The summed E-state index contributed by atoms with van der Waals surface area (Å²) in [5, 5.41) is 2.55. The fourth-order valence-corrected chi connectivity index (χ4v) is 2.84. The Hall–Kier alpha value is -2.21. The van der Waals surface area contributed by atoms with E-state index >= 15 is 0 Å². The van der Waals surface area contributed by atoms with Crippen molar-refractivity contribution in [1.29, 1.82) is 0 Å². The summed E-state index contributed by atoms with van der Waals surface area (Å²) in [5.41, 5.74) is 4.07. The molecule has 0 atom stereocenters. The second-order valence-electron chi connectivity index (χ2n) is 6.63. The van der Waals surface area contributed by atoms with Gasteiger partial charge in [0.05, 0.1) is 0 Å². The summed E-state index contributed by atoms with van der Waals surface area (Å²) in [7, 11) is 0. The van der Waals surface area contributed by atoms with Crippen molar-refractivity contribution in [1.82, 2.24) is 10.2 Å². The number of piperazine rings is 1. The Morgan fingerprint density at radius 2 is 1.57 bits per heavy atom. The molecule has 5 nitrogen and oxygen atoms in total. The minimum atomic E-state index is -0.585. The maximum Gasteiger partial charge on any atom is 0.248 e. The summed E-state index contributed by atoms with van der Waals surface area (Å²) < 4.78 is 4.82. The van der Waals surface area contributed by atoms with Crippen LogP contribution in [0, 0.1) is 6.92 Å². The number of nitrogens with zero attached hydrogens (tertiary/aromatic N) is 1. The van der Waals surface area contributed by atoms with E-state index in [1.54, 1.807) is 4.90 Å². The summed E-state index contributed by atoms with van der Waals surface area (Å²) in [4.78, 5) is 23.4. The van der Waals surface area contributed by atoms with E-state index in [1.807, 2.05) is 0 Å². The Bertz CT molecular complexity index is 729. The molecule has 1 saturated heterocycles. The number of hydrogen-bond acceptors (Lipinski definition) is 4. The first-order chi connectivity index (χ1) is 13.5. The molecule has 0 bridgehead atoms. The molecule has 1 aliphatic rings. The zero-order valence-electron chi connectivity index (χ0n) is 16.2. The first kappa shape index (κ1) is 22.1. The monoisotopic (exact) mass is 402 g/mol. The first-order valence-electron chi connectivity index (χ1n) is 9.38. The van der Waals surface area contributed by atoms with Gasteiger partial charge in [-0.05, 0) is 36.1 Å². The Kier molecular flexibility index (Phi) is 9.69. The molecule has 0 aromatic heterocycles. The van der Waals surface area contributed by atoms with Crippen LogP contribution < -0.4 is 5.32 Å². The number of rotatable bonds is 6.